The van der Waals surface area contributed by atoms with Gasteiger partial charge < -0.3 is 0 Å². The summed E-state index contributed by atoms with van der Waals surface area (Å²) in [6.45, 7) is 4.65. The molecule has 5 rings (SSSR count). The molecule has 1 aliphatic heterocycles. The first-order valence-corrected chi connectivity index (χ1v) is 18.5. The molecule has 0 spiro atoms. The Morgan fingerprint density at radius 2 is 1.31 bits per heavy atom. The lowest BCUT2D eigenvalue weighted by Gasteiger charge is -2.38. The monoisotopic (exact) mass is 570 g/mol. The van der Waals surface area contributed by atoms with E-state index in [2.05, 4.69) is 79.2 Å². The van der Waals surface area contributed by atoms with Crippen molar-refractivity contribution in [2.75, 3.05) is 0 Å². The second-order valence-corrected chi connectivity index (χ2v) is 15.1. The Bertz CT molecular complexity index is 1360. The third kappa shape index (κ3) is 6.92. The van der Waals surface area contributed by atoms with Gasteiger partial charge in [-0.15, -0.1) is 22.7 Å². The van der Waals surface area contributed by atoms with E-state index in [1.54, 1.807) is 20.8 Å². The molecule has 3 heterocycles. The fourth-order valence-electron chi connectivity index (χ4n) is 6.68. The van der Waals surface area contributed by atoms with Crippen molar-refractivity contribution in [1.82, 2.24) is 0 Å². The third-order valence-electron chi connectivity index (χ3n) is 8.73. The predicted molar refractivity (Wildman–Crippen MR) is 178 cm³/mol. The summed E-state index contributed by atoms with van der Waals surface area (Å²) in [5, 5.41) is 7.72. The molecule has 1 aromatic carbocycles. The lowest BCUT2D eigenvalue weighted by Crippen LogP contribution is -2.28. The van der Waals surface area contributed by atoms with Crippen molar-refractivity contribution in [3.8, 4) is 10.4 Å². The molecule has 0 nitrogen and oxygen atoms in total. The smallest absolute Gasteiger partial charge is 0.0398 e. The van der Waals surface area contributed by atoms with Crippen LogP contribution in [0.3, 0.4) is 0 Å². The van der Waals surface area contributed by atoms with Crippen LogP contribution in [0.25, 0.3) is 21.6 Å². The largest absolute Gasteiger partial charge is 0.144 e. The van der Waals surface area contributed by atoms with E-state index in [4.69, 9.17) is 0 Å². The van der Waals surface area contributed by atoms with E-state index < -0.39 is 0 Å². The van der Waals surface area contributed by atoms with E-state index >= 15 is 0 Å². The summed E-state index contributed by atoms with van der Waals surface area (Å²) in [5.41, 5.74) is 4.79. The zero-order valence-electron chi connectivity index (χ0n) is 24.1. The van der Waals surface area contributed by atoms with Gasteiger partial charge in [0, 0.05) is 24.3 Å². The standard InChI is InChI=1S/C36H46S2Si/c1-3-5-7-9-11-13-21-36(22-14-12-10-8-6-4-2)27-29(32-18-16-24-38-32)26-34-35(36)30-25-28(19-20-33(30)39-34)31-17-15-23-37-31/h15-20,23-27,39H,3-14,21-22H2,1-2H3. The van der Waals surface area contributed by atoms with Crippen LogP contribution in [-0.4, -0.2) is 9.13 Å². The highest BCUT2D eigenvalue weighted by atomic mass is 32.1. The average molecular weight is 571 g/mol. The van der Waals surface area contributed by atoms with Crippen molar-refractivity contribution in [2.24, 2.45) is 5.41 Å². The fourth-order valence-corrected chi connectivity index (χ4v) is 9.88. The zero-order chi connectivity index (χ0) is 26.9. The van der Waals surface area contributed by atoms with Gasteiger partial charge in [0.25, 0.3) is 0 Å². The summed E-state index contributed by atoms with van der Waals surface area (Å²) in [6, 6.07) is 16.5. The minimum absolute atomic E-state index is 0.159. The van der Waals surface area contributed by atoms with Gasteiger partial charge in [0.05, 0.1) is 0 Å². The van der Waals surface area contributed by atoms with Crippen molar-refractivity contribution >= 4 is 43.0 Å². The van der Waals surface area contributed by atoms with Gasteiger partial charge in [0.15, 0.2) is 0 Å². The molecule has 3 aromatic rings. The van der Waals surface area contributed by atoms with E-state index in [9.17, 15) is 0 Å². The lowest BCUT2D eigenvalue weighted by atomic mass is 9.68. The molecule has 0 atom stereocenters. The second-order valence-electron chi connectivity index (χ2n) is 11.7. The molecule has 0 unspecified atom stereocenters. The number of allylic oxidation sites excluding steroid dienone is 4. The quantitative estimate of drug-likeness (QED) is 0.119. The van der Waals surface area contributed by atoms with E-state index in [1.165, 1.54) is 111 Å². The Kier molecular flexibility index (Phi) is 10.4. The van der Waals surface area contributed by atoms with E-state index in [0.29, 0.717) is 0 Å². The number of thiophene rings is 2. The Morgan fingerprint density at radius 1 is 0.692 bits per heavy atom. The summed E-state index contributed by atoms with van der Waals surface area (Å²) in [7, 11) is 0.159. The Balaban J connectivity index is 1.54. The summed E-state index contributed by atoms with van der Waals surface area (Å²) >= 11 is 3.78. The van der Waals surface area contributed by atoms with Crippen LogP contribution in [0, 0.1) is 10.2 Å². The average Bonchev–Trinajstić information content (AvgIpc) is 3.73. The maximum Gasteiger partial charge on any atom is 0.0398 e. The Labute approximate surface area is 247 Å². The van der Waals surface area contributed by atoms with Gasteiger partial charge in [0.1, 0.15) is 0 Å². The summed E-state index contributed by atoms with van der Waals surface area (Å²) < 4.78 is 0. The van der Waals surface area contributed by atoms with Crippen molar-refractivity contribution in [3.05, 3.63) is 85.5 Å². The van der Waals surface area contributed by atoms with E-state index in [-0.39, 0.29) is 14.5 Å². The van der Waals surface area contributed by atoms with Gasteiger partial charge in [-0.1, -0.05) is 127 Å². The number of hydrogen-bond acceptors (Lipinski definition) is 2. The minimum Gasteiger partial charge on any atom is -0.144 e. The second kappa shape index (κ2) is 14.2. The molecule has 206 valence electrons. The number of benzene rings is 1. The summed E-state index contributed by atoms with van der Waals surface area (Å²) in [5.74, 6) is 0. The van der Waals surface area contributed by atoms with E-state index in [1.807, 2.05) is 22.7 Å². The lowest BCUT2D eigenvalue weighted by molar-refractivity contribution is 0.383. The summed E-state index contributed by atoms with van der Waals surface area (Å²) in [6.07, 6.45) is 24.4. The van der Waals surface area contributed by atoms with Crippen molar-refractivity contribution < 1.29 is 0 Å². The minimum atomic E-state index is 0.159. The zero-order valence-corrected chi connectivity index (χ0v) is 26.9. The number of fused-ring (bicyclic) bond motifs is 2. The van der Waals surface area contributed by atoms with Gasteiger partial charge in [-0.25, -0.2) is 0 Å². The van der Waals surface area contributed by atoms with Crippen LogP contribution in [0.4, 0.5) is 0 Å². The highest BCUT2D eigenvalue weighted by Gasteiger charge is 2.37. The van der Waals surface area contributed by atoms with E-state index in [0.717, 1.165) is 0 Å². The Hall–Kier alpha value is -1.81. The van der Waals surface area contributed by atoms with Crippen molar-refractivity contribution in [3.63, 3.8) is 0 Å². The van der Waals surface area contributed by atoms with Gasteiger partial charge in [-0.3, -0.25) is 0 Å². The Morgan fingerprint density at radius 3 is 1.92 bits per heavy atom. The highest BCUT2D eigenvalue weighted by Crippen LogP contribution is 2.50. The topological polar surface area (TPSA) is 0 Å². The van der Waals surface area contributed by atoms with Crippen LogP contribution in [0.2, 0.25) is 0 Å². The SMILES string of the molecule is CCCCCCCCC1(CCCCCCCC)C=C(c2cccs2)C=C2[SiH]=c3ccc(-c4cccs4)cc3=C21. The molecule has 2 aromatic heterocycles. The highest BCUT2D eigenvalue weighted by molar-refractivity contribution is 7.13. The third-order valence-corrected chi connectivity index (χ3v) is 12.1. The molecule has 0 saturated carbocycles. The van der Waals surface area contributed by atoms with Crippen LogP contribution in [-0.2, 0) is 0 Å². The predicted octanol–water partition coefficient (Wildman–Crippen LogP) is 10.8. The molecule has 3 heteroatoms. The van der Waals surface area contributed by atoms with Crippen LogP contribution in [0.1, 0.15) is 109 Å². The molecular formula is C36H46S2Si. The normalized spacial score (nSPS) is 15.5. The molecule has 0 bridgehead atoms. The maximum absolute atomic E-state index is 2.75. The van der Waals surface area contributed by atoms with Crippen LogP contribution < -0.4 is 5.22 Å². The molecule has 1 aliphatic carbocycles. The van der Waals surface area contributed by atoms with Gasteiger partial charge in [-0.2, -0.15) is 0 Å². The van der Waals surface area contributed by atoms with Crippen LogP contribution in [0.15, 0.2) is 70.6 Å². The molecule has 0 amide bonds. The molecule has 0 saturated heterocycles. The first-order chi connectivity index (χ1) is 19.2. The molecule has 0 radical (unpaired) electrons. The molecular weight excluding hydrogens is 525 g/mol. The van der Waals surface area contributed by atoms with Gasteiger partial charge in [-0.05, 0) is 73.7 Å². The van der Waals surface area contributed by atoms with Crippen molar-refractivity contribution in [2.45, 2.75) is 104 Å². The van der Waals surface area contributed by atoms with Gasteiger partial charge >= 0.3 is 0 Å². The van der Waals surface area contributed by atoms with Crippen molar-refractivity contribution in [1.29, 1.82) is 0 Å². The maximum atomic E-state index is 2.75. The molecule has 39 heavy (non-hydrogen) atoms. The number of unbranched alkanes of at least 4 members (excludes halogenated alkanes) is 10. The first kappa shape index (κ1) is 28.7. The number of hydrogen-bond donors (Lipinski definition) is 0. The number of rotatable bonds is 16. The van der Waals surface area contributed by atoms with Gasteiger partial charge in [0.2, 0.25) is 0 Å². The molecule has 0 fully saturated rings. The summed E-state index contributed by atoms with van der Waals surface area (Å²) in [4.78, 5) is 4.47. The molecule has 2 aliphatic rings. The molecule has 0 N–H and O–H groups in total. The first-order valence-electron chi connectivity index (χ1n) is 15.6. The van der Waals surface area contributed by atoms with Crippen LogP contribution in [0.5, 0.6) is 0 Å². The fraction of sp³-hybridized carbons (Fsp3) is 0.472. The van der Waals surface area contributed by atoms with Crippen LogP contribution >= 0.6 is 22.7 Å².